The molecule has 0 spiro atoms. The van der Waals surface area contributed by atoms with Crippen LogP contribution < -0.4 is 5.32 Å². The molecule has 2 aromatic rings. The molecule has 0 radical (unpaired) electrons. The lowest BCUT2D eigenvalue weighted by Crippen LogP contribution is -2.33. The molecular formula is C17H12FN3O5. The van der Waals surface area contributed by atoms with Gasteiger partial charge in [0, 0.05) is 19.0 Å². The van der Waals surface area contributed by atoms with Gasteiger partial charge in [-0.15, -0.1) is 0 Å². The molecule has 3 amide bonds. The van der Waals surface area contributed by atoms with Crippen molar-refractivity contribution in [2.24, 2.45) is 0 Å². The van der Waals surface area contributed by atoms with Crippen molar-refractivity contribution in [1.82, 2.24) is 4.90 Å². The Balaban J connectivity index is 1.72. The zero-order chi connectivity index (χ0) is 18.8. The number of para-hydroxylation sites is 1. The van der Waals surface area contributed by atoms with Gasteiger partial charge in [0.2, 0.25) is 5.91 Å². The maximum Gasteiger partial charge on any atom is 0.282 e. The smallest absolute Gasteiger partial charge is 0.282 e. The van der Waals surface area contributed by atoms with Crippen LogP contribution in [0.15, 0.2) is 42.5 Å². The Kier molecular flexibility index (Phi) is 4.44. The molecule has 0 aliphatic carbocycles. The number of carbonyl (C=O) groups excluding carboxylic acids is 3. The van der Waals surface area contributed by atoms with Gasteiger partial charge in [-0.3, -0.25) is 29.4 Å². The number of halogens is 1. The standard InChI is InChI=1S/C17H12FN3O5/c18-11-5-1-2-6-12(11)19-14(22)8-9-20-16(23)10-4-3-7-13(21(25)26)15(10)17(20)24/h1-7H,8-9H2,(H,19,22). The normalized spacial score (nSPS) is 12.9. The quantitative estimate of drug-likeness (QED) is 0.502. The van der Waals surface area contributed by atoms with E-state index in [4.69, 9.17) is 0 Å². The minimum atomic E-state index is -0.823. The van der Waals surface area contributed by atoms with Crippen LogP contribution in [0.2, 0.25) is 0 Å². The second-order valence-electron chi connectivity index (χ2n) is 5.50. The fraction of sp³-hybridized carbons (Fsp3) is 0.118. The highest BCUT2D eigenvalue weighted by molar-refractivity contribution is 6.23. The summed E-state index contributed by atoms with van der Waals surface area (Å²) in [6.07, 6.45) is -0.270. The van der Waals surface area contributed by atoms with Crippen LogP contribution >= 0.6 is 0 Å². The summed E-state index contributed by atoms with van der Waals surface area (Å²) in [5.74, 6) is -2.73. The molecule has 0 fully saturated rings. The minimum absolute atomic E-state index is 0.0181. The monoisotopic (exact) mass is 357 g/mol. The third kappa shape index (κ3) is 3.02. The van der Waals surface area contributed by atoms with Gasteiger partial charge in [-0.2, -0.15) is 0 Å². The molecule has 3 rings (SSSR count). The summed E-state index contributed by atoms with van der Waals surface area (Å²) >= 11 is 0. The Bertz CT molecular complexity index is 944. The SMILES string of the molecule is O=C(CCN1C(=O)c2cccc([N+](=O)[O-])c2C1=O)Nc1ccccc1F. The van der Waals surface area contributed by atoms with Crippen molar-refractivity contribution < 1.29 is 23.7 Å². The third-order valence-corrected chi connectivity index (χ3v) is 3.88. The number of nitro benzene ring substituents is 1. The number of anilines is 1. The molecule has 1 heterocycles. The van der Waals surface area contributed by atoms with Gasteiger partial charge in [-0.25, -0.2) is 4.39 Å². The molecule has 1 aliphatic rings. The van der Waals surface area contributed by atoms with E-state index in [2.05, 4.69) is 5.32 Å². The van der Waals surface area contributed by atoms with E-state index in [9.17, 15) is 28.9 Å². The summed E-state index contributed by atoms with van der Waals surface area (Å²) in [6, 6.07) is 9.34. The number of fused-ring (bicyclic) bond motifs is 1. The number of nitro groups is 1. The predicted octanol–water partition coefficient (Wildman–Crippen LogP) is 2.36. The summed E-state index contributed by atoms with van der Waals surface area (Å²) in [4.78, 5) is 47.7. The van der Waals surface area contributed by atoms with Gasteiger partial charge in [0.15, 0.2) is 0 Å². The van der Waals surface area contributed by atoms with Crippen LogP contribution in [0.5, 0.6) is 0 Å². The molecule has 0 atom stereocenters. The maximum absolute atomic E-state index is 13.5. The summed E-state index contributed by atoms with van der Waals surface area (Å²) in [6.45, 7) is -0.274. The first kappa shape index (κ1) is 17.2. The van der Waals surface area contributed by atoms with E-state index >= 15 is 0 Å². The number of imide groups is 1. The van der Waals surface area contributed by atoms with E-state index < -0.39 is 34.1 Å². The van der Waals surface area contributed by atoms with Crippen molar-refractivity contribution >= 4 is 29.1 Å². The summed E-state index contributed by atoms with van der Waals surface area (Å²) < 4.78 is 13.5. The second kappa shape index (κ2) is 6.71. The number of hydrogen-bond donors (Lipinski definition) is 1. The maximum atomic E-state index is 13.5. The summed E-state index contributed by atoms with van der Waals surface area (Å²) in [5, 5.41) is 13.4. The van der Waals surface area contributed by atoms with Crippen molar-refractivity contribution in [1.29, 1.82) is 0 Å². The van der Waals surface area contributed by atoms with Crippen LogP contribution in [0.25, 0.3) is 0 Å². The first-order valence-electron chi connectivity index (χ1n) is 7.58. The highest BCUT2D eigenvalue weighted by Gasteiger charge is 2.40. The Hall–Kier alpha value is -3.62. The average molecular weight is 357 g/mol. The van der Waals surface area contributed by atoms with Gasteiger partial charge in [-0.05, 0) is 18.2 Å². The van der Waals surface area contributed by atoms with E-state index in [1.165, 1.54) is 30.3 Å². The van der Waals surface area contributed by atoms with E-state index in [0.717, 1.165) is 11.0 Å². The Morgan fingerprint density at radius 2 is 1.85 bits per heavy atom. The number of benzene rings is 2. The molecule has 1 aliphatic heterocycles. The van der Waals surface area contributed by atoms with Gasteiger partial charge in [0.1, 0.15) is 11.4 Å². The molecule has 0 bridgehead atoms. The molecular weight excluding hydrogens is 345 g/mol. The van der Waals surface area contributed by atoms with Crippen LogP contribution in [0, 0.1) is 15.9 Å². The first-order valence-corrected chi connectivity index (χ1v) is 7.58. The Labute approximate surface area is 146 Å². The van der Waals surface area contributed by atoms with Crippen molar-refractivity contribution in [3.05, 3.63) is 69.5 Å². The van der Waals surface area contributed by atoms with Crippen LogP contribution in [-0.4, -0.2) is 34.1 Å². The summed E-state index contributed by atoms with van der Waals surface area (Å²) in [5.41, 5.74) is -0.828. The molecule has 0 aromatic heterocycles. The van der Waals surface area contributed by atoms with Crippen LogP contribution in [-0.2, 0) is 4.79 Å². The number of rotatable bonds is 5. The minimum Gasteiger partial charge on any atom is -0.324 e. The van der Waals surface area contributed by atoms with Crippen molar-refractivity contribution in [3.63, 3.8) is 0 Å². The third-order valence-electron chi connectivity index (χ3n) is 3.88. The molecule has 2 aromatic carbocycles. The highest BCUT2D eigenvalue weighted by Crippen LogP contribution is 2.30. The number of amides is 3. The Morgan fingerprint density at radius 1 is 1.12 bits per heavy atom. The second-order valence-corrected chi connectivity index (χ2v) is 5.50. The molecule has 8 nitrogen and oxygen atoms in total. The zero-order valence-corrected chi connectivity index (χ0v) is 13.3. The zero-order valence-electron chi connectivity index (χ0n) is 13.3. The fourth-order valence-electron chi connectivity index (χ4n) is 2.66. The molecule has 0 unspecified atom stereocenters. The molecule has 0 saturated carbocycles. The van der Waals surface area contributed by atoms with Crippen LogP contribution in [0.1, 0.15) is 27.1 Å². The number of nitrogens with zero attached hydrogens (tertiary/aromatic N) is 2. The van der Waals surface area contributed by atoms with Crippen molar-refractivity contribution in [2.45, 2.75) is 6.42 Å². The van der Waals surface area contributed by atoms with E-state index in [1.807, 2.05) is 0 Å². The van der Waals surface area contributed by atoms with E-state index in [1.54, 1.807) is 6.07 Å². The number of hydrogen-bond acceptors (Lipinski definition) is 5. The van der Waals surface area contributed by atoms with Gasteiger partial charge >= 0.3 is 0 Å². The predicted molar refractivity (Wildman–Crippen MR) is 88.1 cm³/mol. The van der Waals surface area contributed by atoms with Gasteiger partial charge < -0.3 is 5.32 Å². The number of carbonyl (C=O) groups is 3. The van der Waals surface area contributed by atoms with Crippen LogP contribution in [0.3, 0.4) is 0 Å². The molecule has 9 heteroatoms. The molecule has 26 heavy (non-hydrogen) atoms. The fourth-order valence-corrected chi connectivity index (χ4v) is 2.66. The largest absolute Gasteiger partial charge is 0.324 e. The molecule has 0 saturated heterocycles. The van der Waals surface area contributed by atoms with Gasteiger partial charge in [0.05, 0.1) is 16.2 Å². The van der Waals surface area contributed by atoms with Gasteiger partial charge in [-0.1, -0.05) is 18.2 Å². The topological polar surface area (TPSA) is 110 Å². The summed E-state index contributed by atoms with van der Waals surface area (Å²) in [7, 11) is 0. The lowest BCUT2D eigenvalue weighted by Gasteiger charge is -2.13. The van der Waals surface area contributed by atoms with Gasteiger partial charge in [0.25, 0.3) is 17.5 Å². The van der Waals surface area contributed by atoms with E-state index in [0.29, 0.717) is 0 Å². The van der Waals surface area contributed by atoms with Crippen molar-refractivity contribution in [2.75, 3.05) is 11.9 Å². The lowest BCUT2D eigenvalue weighted by atomic mass is 10.1. The molecule has 1 N–H and O–H groups in total. The van der Waals surface area contributed by atoms with Crippen molar-refractivity contribution in [3.8, 4) is 0 Å². The van der Waals surface area contributed by atoms with Crippen LogP contribution in [0.4, 0.5) is 15.8 Å². The Morgan fingerprint density at radius 3 is 2.54 bits per heavy atom. The highest BCUT2D eigenvalue weighted by atomic mass is 19.1. The average Bonchev–Trinajstić information content (AvgIpc) is 2.86. The molecule has 132 valence electrons. The number of nitrogens with one attached hydrogen (secondary N) is 1. The van der Waals surface area contributed by atoms with E-state index in [-0.39, 0.29) is 29.8 Å². The lowest BCUT2D eigenvalue weighted by molar-refractivity contribution is -0.385. The first-order chi connectivity index (χ1) is 12.4.